The molecular formula is C21H27N3O2S2. The molecule has 1 aromatic heterocycles. The third-order valence-corrected chi connectivity index (χ3v) is 9.54. The van der Waals surface area contributed by atoms with Crippen LogP contribution in [0.15, 0.2) is 46.0 Å². The smallest absolute Gasteiger partial charge is 0.250 e. The zero-order valence-corrected chi connectivity index (χ0v) is 17.6. The lowest BCUT2D eigenvalue weighted by atomic mass is 9.75. The first-order valence-corrected chi connectivity index (χ1v) is 12.6. The highest BCUT2D eigenvalue weighted by atomic mass is 32.2. The van der Waals surface area contributed by atoms with Crippen molar-refractivity contribution in [2.75, 3.05) is 37.6 Å². The van der Waals surface area contributed by atoms with Gasteiger partial charge in [0, 0.05) is 37.9 Å². The molecule has 1 N–H and O–H groups in total. The minimum atomic E-state index is -3.37. The van der Waals surface area contributed by atoms with Gasteiger partial charge in [0.05, 0.1) is 0 Å². The second-order valence-corrected chi connectivity index (χ2v) is 11.2. The number of anilines is 1. The van der Waals surface area contributed by atoms with Crippen molar-refractivity contribution in [2.24, 2.45) is 11.8 Å². The molecule has 150 valence electrons. The molecule has 7 heteroatoms. The van der Waals surface area contributed by atoms with Crippen LogP contribution in [0.25, 0.3) is 0 Å². The first-order chi connectivity index (χ1) is 13.6. The van der Waals surface area contributed by atoms with E-state index < -0.39 is 10.0 Å². The topological polar surface area (TPSA) is 52.7 Å². The molecule has 0 spiro atoms. The summed E-state index contributed by atoms with van der Waals surface area (Å²) in [5, 5.41) is 1.81. The van der Waals surface area contributed by atoms with Crippen LogP contribution in [0.2, 0.25) is 0 Å². The van der Waals surface area contributed by atoms with Crippen LogP contribution in [-0.4, -0.2) is 52.1 Å². The molecule has 1 aromatic carbocycles. The number of nitrogens with zero attached hydrogens (tertiary/aromatic N) is 2. The van der Waals surface area contributed by atoms with Crippen LogP contribution in [-0.2, 0) is 16.4 Å². The van der Waals surface area contributed by atoms with E-state index in [1.54, 1.807) is 12.1 Å². The van der Waals surface area contributed by atoms with Gasteiger partial charge in [-0.1, -0.05) is 24.3 Å². The first kappa shape index (κ1) is 18.6. The largest absolute Gasteiger partial charge is 0.371 e. The Bertz CT molecular complexity index is 929. The summed E-state index contributed by atoms with van der Waals surface area (Å²) in [6, 6.07) is 12.6. The summed E-state index contributed by atoms with van der Waals surface area (Å²) in [6.45, 7) is 4.98. The van der Waals surface area contributed by atoms with E-state index >= 15 is 0 Å². The molecule has 2 aromatic rings. The van der Waals surface area contributed by atoms with Crippen molar-refractivity contribution in [2.45, 2.75) is 29.5 Å². The van der Waals surface area contributed by atoms with Crippen molar-refractivity contribution in [1.82, 2.24) is 9.62 Å². The van der Waals surface area contributed by atoms with E-state index in [9.17, 15) is 8.42 Å². The van der Waals surface area contributed by atoms with Gasteiger partial charge in [0.15, 0.2) is 0 Å². The quantitative estimate of drug-likeness (QED) is 0.785. The number of thiophene rings is 1. The van der Waals surface area contributed by atoms with Gasteiger partial charge in [-0.05, 0) is 60.7 Å². The summed E-state index contributed by atoms with van der Waals surface area (Å²) in [7, 11) is -3.37. The van der Waals surface area contributed by atoms with E-state index in [0.29, 0.717) is 28.6 Å². The number of rotatable bonds is 6. The molecular weight excluding hydrogens is 390 g/mol. The van der Waals surface area contributed by atoms with Gasteiger partial charge in [0.1, 0.15) is 4.21 Å². The Kier molecular flexibility index (Phi) is 4.95. The standard InChI is InChI=1S/C21H27N3O2S2/c25-28(26,21-6-3-11-27-21)22-13-19-12-17-8-9-23(19)14-18(17)15-24-10-7-16-4-1-2-5-20(16)24/h1-6,11,17-19,22H,7-10,12-15H2/t17-,18-,19+/m0/s1. The summed E-state index contributed by atoms with van der Waals surface area (Å²) >= 11 is 1.27. The van der Waals surface area contributed by atoms with Crippen LogP contribution < -0.4 is 9.62 Å². The molecule has 0 radical (unpaired) electrons. The van der Waals surface area contributed by atoms with Gasteiger partial charge >= 0.3 is 0 Å². The summed E-state index contributed by atoms with van der Waals surface area (Å²) in [5.41, 5.74) is 2.89. The SMILES string of the molecule is O=S(=O)(NC[C@H]1C[C@@H]2CCN1C[C@H]2CN1CCc2ccccc21)c1cccs1. The highest BCUT2D eigenvalue weighted by Gasteiger charge is 2.41. The zero-order chi connectivity index (χ0) is 19.1. The van der Waals surface area contributed by atoms with Gasteiger partial charge in [-0.25, -0.2) is 13.1 Å². The van der Waals surface area contributed by atoms with Crippen LogP contribution in [0.1, 0.15) is 18.4 Å². The molecule has 0 saturated carbocycles. The Balaban J connectivity index is 1.20. The molecule has 0 amide bonds. The number of piperidine rings is 3. The van der Waals surface area contributed by atoms with Gasteiger partial charge in [-0.2, -0.15) is 0 Å². The maximum absolute atomic E-state index is 12.4. The second kappa shape index (κ2) is 7.44. The highest BCUT2D eigenvalue weighted by molar-refractivity contribution is 7.91. The number of sulfonamides is 1. The van der Waals surface area contributed by atoms with Gasteiger partial charge in [0.25, 0.3) is 0 Å². The summed E-state index contributed by atoms with van der Waals surface area (Å²) in [6.07, 6.45) is 3.51. The third-order valence-electron chi connectivity index (χ3n) is 6.72. The van der Waals surface area contributed by atoms with Crippen LogP contribution >= 0.6 is 11.3 Å². The van der Waals surface area contributed by atoms with Crippen molar-refractivity contribution in [1.29, 1.82) is 0 Å². The van der Waals surface area contributed by atoms with Crippen LogP contribution in [0.5, 0.6) is 0 Å². The minimum absolute atomic E-state index is 0.329. The molecule has 4 aliphatic heterocycles. The Morgan fingerprint density at radius 1 is 1.14 bits per heavy atom. The molecule has 3 saturated heterocycles. The van der Waals surface area contributed by atoms with Gasteiger partial charge < -0.3 is 4.90 Å². The Morgan fingerprint density at radius 2 is 2.04 bits per heavy atom. The van der Waals surface area contributed by atoms with E-state index in [4.69, 9.17) is 0 Å². The summed E-state index contributed by atoms with van der Waals surface area (Å²) < 4.78 is 28.1. The predicted molar refractivity (Wildman–Crippen MR) is 113 cm³/mol. The molecule has 3 fully saturated rings. The van der Waals surface area contributed by atoms with Crippen molar-refractivity contribution in [3.63, 3.8) is 0 Å². The highest BCUT2D eigenvalue weighted by Crippen LogP contribution is 2.38. The van der Waals surface area contributed by atoms with Crippen molar-refractivity contribution < 1.29 is 8.42 Å². The monoisotopic (exact) mass is 417 g/mol. The van der Waals surface area contributed by atoms with Crippen molar-refractivity contribution in [3.8, 4) is 0 Å². The molecule has 5 nitrogen and oxygen atoms in total. The fourth-order valence-corrected chi connectivity index (χ4v) is 7.35. The number of benzene rings is 1. The maximum atomic E-state index is 12.4. The zero-order valence-electron chi connectivity index (χ0n) is 16.0. The third kappa shape index (κ3) is 3.49. The molecule has 0 aliphatic carbocycles. The lowest BCUT2D eigenvalue weighted by molar-refractivity contribution is 0.00671. The number of nitrogens with one attached hydrogen (secondary N) is 1. The number of hydrogen-bond acceptors (Lipinski definition) is 5. The first-order valence-electron chi connectivity index (χ1n) is 10.2. The van der Waals surface area contributed by atoms with Crippen LogP contribution in [0, 0.1) is 11.8 Å². The molecule has 4 aliphatic rings. The molecule has 28 heavy (non-hydrogen) atoms. The molecule has 4 atom stereocenters. The maximum Gasteiger partial charge on any atom is 0.250 e. The fourth-order valence-electron chi connectivity index (χ4n) is 5.24. The molecule has 2 bridgehead atoms. The Labute approximate surface area is 171 Å². The molecule has 5 heterocycles. The van der Waals surface area contributed by atoms with Gasteiger partial charge in [-0.15, -0.1) is 11.3 Å². The van der Waals surface area contributed by atoms with E-state index in [1.165, 1.54) is 29.0 Å². The number of para-hydroxylation sites is 1. The average molecular weight is 418 g/mol. The normalized spacial score (nSPS) is 29.2. The van der Waals surface area contributed by atoms with Gasteiger partial charge in [-0.3, -0.25) is 4.90 Å². The van der Waals surface area contributed by atoms with Crippen LogP contribution in [0.3, 0.4) is 0 Å². The fraction of sp³-hybridized carbons (Fsp3) is 0.524. The Hall–Kier alpha value is -1.41. The van der Waals surface area contributed by atoms with E-state index in [1.807, 2.05) is 5.38 Å². The van der Waals surface area contributed by atoms with E-state index in [0.717, 1.165) is 39.0 Å². The predicted octanol–water partition coefficient (Wildman–Crippen LogP) is 2.80. The lowest BCUT2D eigenvalue weighted by Crippen LogP contribution is -2.58. The summed E-state index contributed by atoms with van der Waals surface area (Å²) in [5.74, 6) is 1.39. The molecule has 6 rings (SSSR count). The second-order valence-electron chi connectivity index (χ2n) is 8.30. The number of fused-ring (bicyclic) bond motifs is 4. The minimum Gasteiger partial charge on any atom is -0.371 e. The molecule has 1 unspecified atom stereocenters. The van der Waals surface area contributed by atoms with Gasteiger partial charge in [0.2, 0.25) is 10.0 Å². The van der Waals surface area contributed by atoms with Crippen molar-refractivity contribution >= 4 is 27.0 Å². The Morgan fingerprint density at radius 3 is 2.82 bits per heavy atom. The lowest BCUT2D eigenvalue weighted by Gasteiger charge is -2.50. The average Bonchev–Trinajstić information content (AvgIpc) is 3.39. The van der Waals surface area contributed by atoms with E-state index in [-0.39, 0.29) is 0 Å². The van der Waals surface area contributed by atoms with E-state index in [2.05, 4.69) is 38.8 Å². The van der Waals surface area contributed by atoms with Crippen LogP contribution in [0.4, 0.5) is 5.69 Å². The van der Waals surface area contributed by atoms with Crippen molar-refractivity contribution in [3.05, 3.63) is 47.3 Å². The number of hydrogen-bond donors (Lipinski definition) is 1. The summed E-state index contributed by atoms with van der Waals surface area (Å²) in [4.78, 5) is 5.08.